The van der Waals surface area contributed by atoms with E-state index in [-0.39, 0.29) is 0 Å². The molecule has 1 unspecified atom stereocenters. The molecule has 1 atom stereocenters. The molecule has 1 fully saturated rings. The third kappa shape index (κ3) is 4.10. The van der Waals surface area contributed by atoms with Gasteiger partial charge in [0.15, 0.2) is 0 Å². The molecule has 12 heavy (non-hydrogen) atoms. The van der Waals surface area contributed by atoms with Crippen molar-refractivity contribution in [1.82, 2.24) is 5.32 Å². The Labute approximate surface area is 76.9 Å². The van der Waals surface area contributed by atoms with Crippen LogP contribution in [0.2, 0.25) is 0 Å². The lowest BCUT2D eigenvalue weighted by molar-refractivity contribution is 0.376. The molecule has 0 spiro atoms. The molecule has 0 aliphatic heterocycles. The van der Waals surface area contributed by atoms with Gasteiger partial charge in [0.05, 0.1) is 0 Å². The average molecular weight is 169 g/mol. The summed E-state index contributed by atoms with van der Waals surface area (Å²) in [6.07, 6.45) is 5.55. The van der Waals surface area contributed by atoms with Crippen LogP contribution in [0.1, 0.15) is 46.5 Å². The van der Waals surface area contributed by atoms with Gasteiger partial charge in [0, 0.05) is 6.04 Å². The van der Waals surface area contributed by atoms with Gasteiger partial charge in [-0.05, 0) is 37.6 Å². The van der Waals surface area contributed by atoms with Gasteiger partial charge in [-0.3, -0.25) is 0 Å². The van der Waals surface area contributed by atoms with Crippen molar-refractivity contribution in [2.75, 3.05) is 6.54 Å². The van der Waals surface area contributed by atoms with E-state index >= 15 is 0 Å². The lowest BCUT2D eigenvalue weighted by atomic mass is 9.95. The summed E-state index contributed by atoms with van der Waals surface area (Å²) < 4.78 is 0. The number of rotatable bonds is 6. The van der Waals surface area contributed by atoms with Crippen LogP contribution in [0.15, 0.2) is 0 Å². The maximum Gasteiger partial charge on any atom is 0.00683 e. The fourth-order valence-electron chi connectivity index (χ4n) is 1.68. The predicted octanol–water partition coefficient (Wildman–Crippen LogP) is 2.81. The molecule has 1 rings (SSSR count). The molecular weight excluding hydrogens is 146 g/mol. The maximum atomic E-state index is 3.61. The van der Waals surface area contributed by atoms with Gasteiger partial charge in [0.1, 0.15) is 0 Å². The molecule has 1 aliphatic carbocycles. The fourth-order valence-corrected chi connectivity index (χ4v) is 1.68. The van der Waals surface area contributed by atoms with Gasteiger partial charge in [-0.2, -0.15) is 0 Å². The summed E-state index contributed by atoms with van der Waals surface area (Å²) in [5.41, 5.74) is 0. The van der Waals surface area contributed by atoms with Gasteiger partial charge in [0.25, 0.3) is 0 Å². The molecule has 1 heteroatoms. The Kier molecular flexibility index (Phi) is 4.07. The van der Waals surface area contributed by atoms with Crippen LogP contribution in [0.4, 0.5) is 0 Å². The number of hydrogen-bond donors (Lipinski definition) is 1. The Hall–Kier alpha value is -0.0400. The van der Waals surface area contributed by atoms with E-state index in [1.54, 1.807) is 0 Å². The summed E-state index contributed by atoms with van der Waals surface area (Å²) >= 11 is 0. The molecule has 1 saturated carbocycles. The van der Waals surface area contributed by atoms with Gasteiger partial charge < -0.3 is 5.32 Å². The van der Waals surface area contributed by atoms with Crippen molar-refractivity contribution in [1.29, 1.82) is 0 Å². The molecule has 1 N–H and O–H groups in total. The van der Waals surface area contributed by atoms with E-state index in [1.165, 1.54) is 32.2 Å². The second kappa shape index (κ2) is 4.86. The highest BCUT2D eigenvalue weighted by molar-refractivity contribution is 4.81. The summed E-state index contributed by atoms with van der Waals surface area (Å²) in [5, 5.41) is 3.61. The van der Waals surface area contributed by atoms with Crippen molar-refractivity contribution in [2.45, 2.75) is 52.5 Å². The highest BCUT2D eigenvalue weighted by Crippen LogP contribution is 2.20. The van der Waals surface area contributed by atoms with Crippen molar-refractivity contribution in [2.24, 2.45) is 11.8 Å². The van der Waals surface area contributed by atoms with E-state index < -0.39 is 0 Å². The van der Waals surface area contributed by atoms with Gasteiger partial charge in [0.2, 0.25) is 0 Å². The smallest absolute Gasteiger partial charge is 0.00683 e. The minimum Gasteiger partial charge on any atom is -0.314 e. The Morgan fingerprint density at radius 1 is 1.33 bits per heavy atom. The van der Waals surface area contributed by atoms with Crippen LogP contribution >= 0.6 is 0 Å². The summed E-state index contributed by atoms with van der Waals surface area (Å²) in [5.74, 6) is 1.77. The monoisotopic (exact) mass is 169 g/mol. The second-order valence-corrected chi connectivity index (χ2v) is 4.59. The largest absolute Gasteiger partial charge is 0.314 e. The SMILES string of the molecule is CCC(CNC1CC1)CC(C)C. The number of nitrogens with one attached hydrogen (secondary N) is 1. The van der Waals surface area contributed by atoms with E-state index in [0.717, 1.165) is 17.9 Å². The first-order chi connectivity index (χ1) is 5.72. The standard InChI is InChI=1S/C11H23N/c1-4-10(7-9(2)3)8-12-11-5-6-11/h9-12H,4-8H2,1-3H3. The molecule has 0 aromatic heterocycles. The highest BCUT2D eigenvalue weighted by Gasteiger charge is 2.21. The van der Waals surface area contributed by atoms with Gasteiger partial charge in [-0.15, -0.1) is 0 Å². The van der Waals surface area contributed by atoms with Crippen molar-refractivity contribution >= 4 is 0 Å². The topological polar surface area (TPSA) is 12.0 Å². The van der Waals surface area contributed by atoms with Crippen LogP contribution in [0.25, 0.3) is 0 Å². The van der Waals surface area contributed by atoms with Gasteiger partial charge in [-0.25, -0.2) is 0 Å². The molecular formula is C11H23N. The molecule has 1 aliphatic rings. The third-order valence-electron chi connectivity index (χ3n) is 2.65. The van der Waals surface area contributed by atoms with Crippen LogP contribution in [-0.4, -0.2) is 12.6 Å². The first-order valence-corrected chi connectivity index (χ1v) is 5.45. The van der Waals surface area contributed by atoms with E-state index in [2.05, 4.69) is 26.1 Å². The normalized spacial score (nSPS) is 20.0. The molecule has 0 aromatic rings. The van der Waals surface area contributed by atoms with Crippen LogP contribution in [-0.2, 0) is 0 Å². The molecule has 0 saturated heterocycles. The van der Waals surface area contributed by atoms with E-state index in [9.17, 15) is 0 Å². The molecule has 72 valence electrons. The first-order valence-electron chi connectivity index (χ1n) is 5.45. The molecule has 1 nitrogen and oxygen atoms in total. The maximum absolute atomic E-state index is 3.61. The van der Waals surface area contributed by atoms with Crippen LogP contribution in [0.5, 0.6) is 0 Å². The Morgan fingerprint density at radius 2 is 2.00 bits per heavy atom. The summed E-state index contributed by atoms with van der Waals surface area (Å²) in [4.78, 5) is 0. The van der Waals surface area contributed by atoms with Crippen molar-refractivity contribution in [3.8, 4) is 0 Å². The lowest BCUT2D eigenvalue weighted by Crippen LogP contribution is -2.25. The Balaban J connectivity index is 2.06. The molecule has 0 heterocycles. The van der Waals surface area contributed by atoms with E-state index in [0.29, 0.717) is 0 Å². The lowest BCUT2D eigenvalue weighted by Gasteiger charge is -2.17. The van der Waals surface area contributed by atoms with Gasteiger partial charge >= 0.3 is 0 Å². The van der Waals surface area contributed by atoms with E-state index in [1.807, 2.05) is 0 Å². The highest BCUT2D eigenvalue weighted by atomic mass is 14.9. The zero-order chi connectivity index (χ0) is 8.97. The van der Waals surface area contributed by atoms with Crippen molar-refractivity contribution < 1.29 is 0 Å². The van der Waals surface area contributed by atoms with Gasteiger partial charge in [-0.1, -0.05) is 27.2 Å². The van der Waals surface area contributed by atoms with Crippen LogP contribution in [0, 0.1) is 11.8 Å². The Morgan fingerprint density at radius 3 is 2.42 bits per heavy atom. The zero-order valence-corrected chi connectivity index (χ0v) is 8.77. The predicted molar refractivity (Wildman–Crippen MR) is 54.3 cm³/mol. The summed E-state index contributed by atoms with van der Waals surface area (Å²) in [6.45, 7) is 8.19. The fraction of sp³-hybridized carbons (Fsp3) is 1.00. The quantitative estimate of drug-likeness (QED) is 0.644. The van der Waals surface area contributed by atoms with Crippen LogP contribution in [0.3, 0.4) is 0 Å². The minimum atomic E-state index is 0.857. The summed E-state index contributed by atoms with van der Waals surface area (Å²) in [7, 11) is 0. The Bertz CT molecular complexity index is 116. The average Bonchev–Trinajstić information content (AvgIpc) is 2.80. The van der Waals surface area contributed by atoms with Crippen molar-refractivity contribution in [3.05, 3.63) is 0 Å². The van der Waals surface area contributed by atoms with Crippen molar-refractivity contribution in [3.63, 3.8) is 0 Å². The minimum absolute atomic E-state index is 0.857. The van der Waals surface area contributed by atoms with Crippen LogP contribution < -0.4 is 5.32 Å². The summed E-state index contributed by atoms with van der Waals surface area (Å²) in [6, 6.07) is 0.881. The molecule has 0 radical (unpaired) electrons. The van der Waals surface area contributed by atoms with E-state index in [4.69, 9.17) is 0 Å². The first kappa shape index (κ1) is 10.0. The molecule has 0 bridgehead atoms. The zero-order valence-electron chi connectivity index (χ0n) is 8.77. The molecule has 0 aromatic carbocycles. The number of hydrogen-bond acceptors (Lipinski definition) is 1. The third-order valence-corrected chi connectivity index (χ3v) is 2.65. The molecule has 0 amide bonds. The second-order valence-electron chi connectivity index (χ2n) is 4.59.